The summed E-state index contributed by atoms with van der Waals surface area (Å²) in [6.07, 6.45) is 0.349. The number of fused-ring (bicyclic) bond motifs is 1. The second-order valence-corrected chi connectivity index (χ2v) is 6.48. The molecular formula is C15H21ClN2O3. The molecule has 1 aromatic rings. The molecule has 0 bridgehead atoms. The predicted molar refractivity (Wildman–Crippen MR) is 80.6 cm³/mol. The maximum absolute atomic E-state index is 12.3. The lowest BCUT2D eigenvalue weighted by molar-refractivity contribution is 0.0176. The third-order valence-corrected chi connectivity index (χ3v) is 3.27. The third kappa shape index (κ3) is 4.24. The molecule has 2 rings (SSSR count). The summed E-state index contributed by atoms with van der Waals surface area (Å²) in [5, 5.41) is 0.386. The van der Waals surface area contributed by atoms with E-state index in [4.69, 9.17) is 21.1 Å². The fraction of sp³-hybridized carbons (Fsp3) is 0.600. The Morgan fingerprint density at radius 3 is 2.86 bits per heavy atom. The molecule has 0 fully saturated rings. The number of hydrogen-bond donors (Lipinski definition) is 0. The van der Waals surface area contributed by atoms with Crippen LogP contribution in [-0.4, -0.2) is 34.2 Å². The molecule has 2 heterocycles. The second kappa shape index (κ2) is 6.10. The number of amides is 1. The van der Waals surface area contributed by atoms with Gasteiger partial charge in [-0.15, -0.1) is 0 Å². The van der Waals surface area contributed by atoms with E-state index in [1.54, 1.807) is 17.0 Å². The molecule has 1 aliphatic rings. The van der Waals surface area contributed by atoms with Crippen LogP contribution in [-0.2, 0) is 11.3 Å². The number of ether oxygens (including phenoxy) is 2. The van der Waals surface area contributed by atoms with Crippen LogP contribution >= 0.6 is 11.6 Å². The van der Waals surface area contributed by atoms with Gasteiger partial charge in [0.1, 0.15) is 28.3 Å². The SMILES string of the molecule is CC[C@@H]1CN(C(=O)OC(C)(C)C)Cc2nc(Cl)ccc2O1. The fourth-order valence-corrected chi connectivity index (χ4v) is 2.23. The Labute approximate surface area is 130 Å². The Morgan fingerprint density at radius 1 is 1.52 bits per heavy atom. The average molecular weight is 313 g/mol. The average Bonchev–Trinajstić information content (AvgIpc) is 2.55. The maximum Gasteiger partial charge on any atom is 0.410 e. The molecule has 1 amide bonds. The Balaban J connectivity index is 2.25. The summed E-state index contributed by atoms with van der Waals surface area (Å²) >= 11 is 5.93. The van der Waals surface area contributed by atoms with E-state index in [2.05, 4.69) is 4.98 Å². The van der Waals surface area contributed by atoms with Crippen LogP contribution in [0.1, 0.15) is 39.8 Å². The molecule has 5 nitrogen and oxygen atoms in total. The lowest BCUT2D eigenvalue weighted by atomic mass is 10.2. The van der Waals surface area contributed by atoms with Gasteiger partial charge in [0.2, 0.25) is 0 Å². The molecule has 1 atom stereocenters. The van der Waals surface area contributed by atoms with Crippen molar-refractivity contribution in [3.8, 4) is 5.75 Å². The molecule has 116 valence electrons. The van der Waals surface area contributed by atoms with E-state index in [0.29, 0.717) is 29.7 Å². The van der Waals surface area contributed by atoms with Crippen LogP contribution in [0.3, 0.4) is 0 Å². The van der Waals surface area contributed by atoms with Crippen molar-refractivity contribution < 1.29 is 14.3 Å². The molecule has 0 aromatic carbocycles. The Hall–Kier alpha value is -1.49. The van der Waals surface area contributed by atoms with E-state index in [0.717, 1.165) is 6.42 Å². The van der Waals surface area contributed by atoms with E-state index < -0.39 is 5.60 Å². The van der Waals surface area contributed by atoms with Crippen LogP contribution in [0.4, 0.5) is 4.79 Å². The summed E-state index contributed by atoms with van der Waals surface area (Å²) < 4.78 is 11.3. The van der Waals surface area contributed by atoms with Crippen molar-refractivity contribution >= 4 is 17.7 Å². The minimum atomic E-state index is -0.531. The minimum Gasteiger partial charge on any atom is -0.487 e. The standard InChI is InChI=1S/C15H21ClN2O3/c1-5-10-8-18(14(19)21-15(2,3)4)9-11-12(20-10)6-7-13(16)17-11/h6-7,10H,5,8-9H2,1-4H3/t10-/m1/s1. The first-order valence-electron chi connectivity index (χ1n) is 7.08. The van der Waals surface area contributed by atoms with E-state index in [1.165, 1.54) is 0 Å². The van der Waals surface area contributed by atoms with Gasteiger partial charge in [0.15, 0.2) is 0 Å². The van der Waals surface area contributed by atoms with E-state index >= 15 is 0 Å². The van der Waals surface area contributed by atoms with Gasteiger partial charge in [0.25, 0.3) is 0 Å². The zero-order valence-electron chi connectivity index (χ0n) is 12.9. The van der Waals surface area contributed by atoms with Crippen LogP contribution in [0.2, 0.25) is 5.15 Å². The topological polar surface area (TPSA) is 51.7 Å². The summed E-state index contributed by atoms with van der Waals surface area (Å²) in [6, 6.07) is 3.49. The fourth-order valence-electron chi connectivity index (χ4n) is 2.07. The molecule has 0 spiro atoms. The van der Waals surface area contributed by atoms with Crippen LogP contribution in [0, 0.1) is 0 Å². The molecule has 0 unspecified atom stereocenters. The number of carbonyl (C=O) groups excluding carboxylic acids is 1. The van der Waals surface area contributed by atoms with Crippen molar-refractivity contribution in [3.05, 3.63) is 23.0 Å². The van der Waals surface area contributed by atoms with Gasteiger partial charge in [-0.2, -0.15) is 0 Å². The first kappa shape index (κ1) is 15.9. The van der Waals surface area contributed by atoms with Crippen molar-refractivity contribution in [2.75, 3.05) is 6.54 Å². The number of pyridine rings is 1. The smallest absolute Gasteiger partial charge is 0.410 e. The summed E-state index contributed by atoms with van der Waals surface area (Å²) in [5.74, 6) is 0.678. The highest BCUT2D eigenvalue weighted by atomic mass is 35.5. The third-order valence-electron chi connectivity index (χ3n) is 3.06. The molecule has 1 aliphatic heterocycles. The Morgan fingerprint density at radius 2 is 2.24 bits per heavy atom. The van der Waals surface area contributed by atoms with Gasteiger partial charge in [-0.1, -0.05) is 18.5 Å². The molecule has 21 heavy (non-hydrogen) atoms. The van der Waals surface area contributed by atoms with Gasteiger partial charge in [-0.25, -0.2) is 9.78 Å². The van der Waals surface area contributed by atoms with Crippen molar-refractivity contribution in [2.45, 2.75) is 52.4 Å². The van der Waals surface area contributed by atoms with Crippen molar-refractivity contribution in [1.29, 1.82) is 0 Å². The molecule has 0 saturated carbocycles. The van der Waals surface area contributed by atoms with Crippen molar-refractivity contribution in [3.63, 3.8) is 0 Å². The lowest BCUT2D eigenvalue weighted by Gasteiger charge is -2.27. The molecule has 0 saturated heterocycles. The second-order valence-electron chi connectivity index (χ2n) is 6.09. The van der Waals surface area contributed by atoms with Gasteiger partial charge in [0.05, 0.1) is 13.1 Å². The lowest BCUT2D eigenvalue weighted by Crippen LogP contribution is -2.40. The summed E-state index contributed by atoms with van der Waals surface area (Å²) in [7, 11) is 0. The van der Waals surface area contributed by atoms with E-state index in [-0.39, 0.29) is 12.2 Å². The number of carbonyl (C=O) groups is 1. The maximum atomic E-state index is 12.3. The van der Waals surface area contributed by atoms with Gasteiger partial charge in [-0.05, 0) is 39.3 Å². The molecule has 6 heteroatoms. The minimum absolute atomic E-state index is 0.0817. The van der Waals surface area contributed by atoms with Gasteiger partial charge in [-0.3, -0.25) is 4.90 Å². The zero-order chi connectivity index (χ0) is 15.6. The largest absolute Gasteiger partial charge is 0.487 e. The highest BCUT2D eigenvalue weighted by Crippen LogP contribution is 2.27. The Kier molecular flexibility index (Phi) is 4.61. The first-order chi connectivity index (χ1) is 9.78. The molecule has 0 aliphatic carbocycles. The number of aromatic nitrogens is 1. The summed E-state index contributed by atoms with van der Waals surface area (Å²) in [6.45, 7) is 8.37. The number of halogens is 1. The van der Waals surface area contributed by atoms with Gasteiger partial charge < -0.3 is 9.47 Å². The van der Waals surface area contributed by atoms with Crippen LogP contribution < -0.4 is 4.74 Å². The molecule has 0 radical (unpaired) electrons. The van der Waals surface area contributed by atoms with E-state index in [1.807, 2.05) is 27.7 Å². The van der Waals surface area contributed by atoms with Crippen LogP contribution in [0.15, 0.2) is 12.1 Å². The van der Waals surface area contributed by atoms with Gasteiger partial charge >= 0.3 is 6.09 Å². The van der Waals surface area contributed by atoms with Crippen molar-refractivity contribution in [2.24, 2.45) is 0 Å². The van der Waals surface area contributed by atoms with Gasteiger partial charge in [0, 0.05) is 0 Å². The van der Waals surface area contributed by atoms with E-state index in [9.17, 15) is 4.79 Å². The first-order valence-corrected chi connectivity index (χ1v) is 7.46. The van der Waals surface area contributed by atoms with Crippen molar-refractivity contribution in [1.82, 2.24) is 9.88 Å². The zero-order valence-corrected chi connectivity index (χ0v) is 13.6. The number of hydrogen-bond acceptors (Lipinski definition) is 4. The van der Waals surface area contributed by atoms with Crippen LogP contribution in [0.5, 0.6) is 5.75 Å². The number of rotatable bonds is 1. The normalized spacial score (nSPS) is 18.5. The monoisotopic (exact) mass is 312 g/mol. The summed E-state index contributed by atoms with van der Waals surface area (Å²) in [4.78, 5) is 18.2. The predicted octanol–water partition coefficient (Wildman–Crippen LogP) is 3.64. The highest BCUT2D eigenvalue weighted by Gasteiger charge is 2.29. The molecule has 1 aromatic heterocycles. The quantitative estimate of drug-likeness (QED) is 0.743. The molecule has 0 N–H and O–H groups in total. The molecular weight excluding hydrogens is 292 g/mol. The Bertz CT molecular complexity index is 528. The number of nitrogens with zero attached hydrogens (tertiary/aromatic N) is 2. The van der Waals surface area contributed by atoms with Crippen LogP contribution in [0.25, 0.3) is 0 Å². The highest BCUT2D eigenvalue weighted by molar-refractivity contribution is 6.29. The summed E-state index contributed by atoms with van der Waals surface area (Å²) in [5.41, 5.74) is 0.126.